The van der Waals surface area contributed by atoms with Gasteiger partial charge in [-0.2, -0.15) is 0 Å². The second kappa shape index (κ2) is 5.73. The summed E-state index contributed by atoms with van der Waals surface area (Å²) in [5.41, 5.74) is -1.43. The molecule has 0 spiro atoms. The summed E-state index contributed by atoms with van der Waals surface area (Å²) >= 11 is 0. The van der Waals surface area contributed by atoms with Crippen LogP contribution in [0.5, 0.6) is 0 Å². The van der Waals surface area contributed by atoms with E-state index in [0.29, 0.717) is 0 Å². The molecule has 0 aromatic carbocycles. The lowest BCUT2D eigenvalue weighted by Gasteiger charge is -2.40. The van der Waals surface area contributed by atoms with Crippen LogP contribution in [0, 0.1) is 0 Å². The summed E-state index contributed by atoms with van der Waals surface area (Å²) in [4.78, 5) is 26.4. The van der Waals surface area contributed by atoms with Gasteiger partial charge in [-0.1, -0.05) is 0 Å². The summed E-state index contributed by atoms with van der Waals surface area (Å²) in [7, 11) is 0. The third-order valence-electron chi connectivity index (χ3n) is 2.95. The summed E-state index contributed by atoms with van der Waals surface area (Å²) in [5.74, 6) is -0.0388. The Bertz CT molecular complexity index is 540. The van der Waals surface area contributed by atoms with Gasteiger partial charge in [-0.05, 0) is 0 Å². The Kier molecular flexibility index (Phi) is 4.20. The molecule has 1 aliphatic heterocycles. The molecular weight excluding hydrogens is 274 g/mol. The van der Waals surface area contributed by atoms with Crippen molar-refractivity contribution in [3.63, 3.8) is 0 Å². The minimum absolute atomic E-state index is 0.0388. The number of aliphatic hydroxyl groups excluding tert-OH is 4. The van der Waals surface area contributed by atoms with Gasteiger partial charge in [0.2, 0.25) is 0 Å². The number of ether oxygens (including phenoxy) is 1. The van der Waals surface area contributed by atoms with Gasteiger partial charge in [-0.25, -0.2) is 4.79 Å². The van der Waals surface area contributed by atoms with E-state index >= 15 is 0 Å². The average Bonchev–Trinajstić information content (AvgIpc) is 2.38. The largest absolute Gasteiger partial charge is 0.394 e. The zero-order valence-corrected chi connectivity index (χ0v) is 10.2. The number of hydrogen-bond acceptors (Lipinski definition) is 8. The van der Waals surface area contributed by atoms with Crippen molar-refractivity contribution in [1.29, 1.82) is 0 Å². The Labute approximate surface area is 111 Å². The first-order valence-corrected chi connectivity index (χ1v) is 5.83. The fraction of sp³-hybridized carbons (Fsp3) is 0.600. The molecule has 0 saturated carbocycles. The Morgan fingerprint density at radius 1 is 1.15 bits per heavy atom. The zero-order valence-electron chi connectivity index (χ0n) is 10.2. The maximum Gasteiger partial charge on any atom is 0.327 e. The molecule has 2 heterocycles. The van der Waals surface area contributed by atoms with E-state index in [1.54, 1.807) is 0 Å². The summed E-state index contributed by atoms with van der Waals surface area (Å²) in [5, 5.41) is 40.5. The fourth-order valence-electron chi connectivity index (χ4n) is 1.92. The van der Waals surface area contributed by atoms with Crippen LogP contribution < -0.4 is 16.6 Å². The molecule has 112 valence electrons. The number of aromatic amines is 2. The lowest BCUT2D eigenvalue weighted by atomic mass is 9.98. The Balaban J connectivity index is 2.19. The minimum Gasteiger partial charge on any atom is -0.394 e. The molecule has 0 aliphatic carbocycles. The summed E-state index contributed by atoms with van der Waals surface area (Å²) in [6.07, 6.45) is -6.85. The first-order chi connectivity index (χ1) is 9.42. The van der Waals surface area contributed by atoms with E-state index in [9.17, 15) is 24.9 Å². The summed E-state index contributed by atoms with van der Waals surface area (Å²) in [6, 6.07) is 1.02. The summed E-state index contributed by atoms with van der Waals surface area (Å²) in [6.45, 7) is -0.574. The van der Waals surface area contributed by atoms with Crippen molar-refractivity contribution >= 4 is 5.82 Å². The summed E-state index contributed by atoms with van der Waals surface area (Å²) < 4.78 is 5.16. The van der Waals surface area contributed by atoms with Crippen LogP contribution >= 0.6 is 0 Å². The Morgan fingerprint density at radius 3 is 2.45 bits per heavy atom. The molecule has 1 fully saturated rings. The second-order valence-electron chi connectivity index (χ2n) is 4.40. The van der Waals surface area contributed by atoms with Gasteiger partial charge in [-0.15, -0.1) is 0 Å². The Hall–Kier alpha value is -1.72. The van der Waals surface area contributed by atoms with Gasteiger partial charge in [0, 0.05) is 6.07 Å². The van der Waals surface area contributed by atoms with Gasteiger partial charge in [0.15, 0.2) is 6.23 Å². The third-order valence-corrected chi connectivity index (χ3v) is 2.95. The van der Waals surface area contributed by atoms with Gasteiger partial charge in [-0.3, -0.25) is 14.8 Å². The SMILES string of the molecule is O=c1cc(N[C@@H]2O[C@@H](CO)[C@@H](O)[C@@H](O)[C@@H]2O)[nH]c(=O)[nH]1. The van der Waals surface area contributed by atoms with Crippen molar-refractivity contribution in [2.24, 2.45) is 0 Å². The van der Waals surface area contributed by atoms with E-state index in [1.165, 1.54) is 0 Å². The number of aliphatic hydroxyl groups is 4. The van der Waals surface area contributed by atoms with Gasteiger partial charge in [0.1, 0.15) is 30.2 Å². The van der Waals surface area contributed by atoms with Crippen molar-refractivity contribution in [1.82, 2.24) is 9.97 Å². The smallest absolute Gasteiger partial charge is 0.327 e. The van der Waals surface area contributed by atoms with Crippen LogP contribution in [-0.2, 0) is 4.74 Å². The van der Waals surface area contributed by atoms with Gasteiger partial charge in [0.25, 0.3) is 5.56 Å². The molecule has 1 aromatic heterocycles. The normalized spacial score (nSPS) is 33.9. The second-order valence-corrected chi connectivity index (χ2v) is 4.40. The van der Waals surface area contributed by atoms with Crippen LogP contribution in [0.3, 0.4) is 0 Å². The number of aromatic nitrogens is 2. The predicted octanol–water partition coefficient (Wildman–Crippen LogP) is -3.72. The predicted molar refractivity (Wildman–Crippen MR) is 65.1 cm³/mol. The molecular formula is C10H15N3O7. The van der Waals surface area contributed by atoms with Gasteiger partial charge in [0.05, 0.1) is 6.61 Å². The van der Waals surface area contributed by atoms with E-state index in [1.807, 2.05) is 4.98 Å². The van der Waals surface area contributed by atoms with Gasteiger partial charge < -0.3 is 30.5 Å². The van der Waals surface area contributed by atoms with E-state index < -0.39 is 48.5 Å². The molecule has 10 heteroatoms. The van der Waals surface area contributed by atoms with Crippen LogP contribution in [0.4, 0.5) is 5.82 Å². The van der Waals surface area contributed by atoms with E-state index in [2.05, 4.69) is 10.3 Å². The van der Waals surface area contributed by atoms with Gasteiger partial charge >= 0.3 is 5.69 Å². The van der Waals surface area contributed by atoms with Crippen LogP contribution in [0.1, 0.15) is 0 Å². The lowest BCUT2D eigenvalue weighted by Crippen LogP contribution is -2.60. The molecule has 2 rings (SSSR count). The number of anilines is 1. The maximum atomic E-state index is 11.1. The molecule has 1 saturated heterocycles. The number of rotatable bonds is 3. The highest BCUT2D eigenvalue weighted by Crippen LogP contribution is 2.21. The zero-order chi connectivity index (χ0) is 14.9. The number of hydrogen-bond donors (Lipinski definition) is 7. The first kappa shape index (κ1) is 14.7. The number of nitrogens with one attached hydrogen (secondary N) is 3. The first-order valence-electron chi connectivity index (χ1n) is 5.83. The molecule has 1 aromatic rings. The van der Waals surface area contributed by atoms with E-state index in [-0.39, 0.29) is 5.82 Å². The van der Waals surface area contributed by atoms with Crippen LogP contribution in [-0.4, -0.2) is 67.6 Å². The monoisotopic (exact) mass is 289 g/mol. The third kappa shape index (κ3) is 2.89. The van der Waals surface area contributed by atoms with Crippen molar-refractivity contribution < 1.29 is 25.2 Å². The molecule has 0 amide bonds. The number of H-pyrrole nitrogens is 2. The Morgan fingerprint density at radius 2 is 1.85 bits per heavy atom. The van der Waals surface area contributed by atoms with Crippen molar-refractivity contribution in [3.8, 4) is 0 Å². The topological polar surface area (TPSA) is 168 Å². The molecule has 0 unspecified atom stereocenters. The molecule has 20 heavy (non-hydrogen) atoms. The molecule has 1 aliphatic rings. The molecule has 0 radical (unpaired) electrons. The van der Waals surface area contributed by atoms with E-state index in [4.69, 9.17) is 9.84 Å². The van der Waals surface area contributed by atoms with Crippen LogP contribution in [0.15, 0.2) is 15.7 Å². The van der Waals surface area contributed by atoms with Crippen LogP contribution in [0.25, 0.3) is 0 Å². The molecule has 0 bridgehead atoms. The molecule has 5 atom stereocenters. The van der Waals surface area contributed by atoms with Crippen LogP contribution in [0.2, 0.25) is 0 Å². The average molecular weight is 289 g/mol. The van der Waals surface area contributed by atoms with E-state index in [0.717, 1.165) is 6.07 Å². The highest BCUT2D eigenvalue weighted by Gasteiger charge is 2.43. The van der Waals surface area contributed by atoms with Crippen molar-refractivity contribution in [3.05, 3.63) is 26.9 Å². The fourth-order valence-corrected chi connectivity index (χ4v) is 1.92. The molecule has 7 N–H and O–H groups in total. The highest BCUT2D eigenvalue weighted by atomic mass is 16.6. The minimum atomic E-state index is -1.55. The quantitative estimate of drug-likeness (QED) is 0.298. The standard InChI is InChI=1S/C10H15N3O7/c14-2-3-6(16)7(17)8(18)9(20-3)11-4-1-5(15)13-10(19)12-4/h1,3,6-9,14,16-18H,2H2,(H3,11,12,13,15,19)/t3-,6+,7+,8-,9+/m0/s1. The molecule has 10 nitrogen and oxygen atoms in total. The lowest BCUT2D eigenvalue weighted by molar-refractivity contribution is -0.221. The van der Waals surface area contributed by atoms with Crippen molar-refractivity contribution in [2.75, 3.05) is 11.9 Å². The highest BCUT2D eigenvalue weighted by molar-refractivity contribution is 5.33. The maximum absolute atomic E-state index is 11.1. The van der Waals surface area contributed by atoms with Crippen molar-refractivity contribution in [2.45, 2.75) is 30.6 Å².